The Hall–Kier alpha value is -1.53. The fourth-order valence-corrected chi connectivity index (χ4v) is 4.62. The third kappa shape index (κ3) is 5.38. The molecule has 1 aromatic carbocycles. The summed E-state index contributed by atoms with van der Waals surface area (Å²) < 4.78 is 81.1. The van der Waals surface area contributed by atoms with Crippen LogP contribution in [0.5, 0.6) is 11.5 Å². The highest BCUT2D eigenvalue weighted by atomic mass is 19.3. The predicted molar refractivity (Wildman–Crippen MR) is 105 cm³/mol. The molecule has 0 saturated heterocycles. The van der Waals surface area contributed by atoms with Crippen molar-refractivity contribution in [3.05, 3.63) is 23.0 Å². The first kappa shape index (κ1) is 23.1. The van der Waals surface area contributed by atoms with Crippen LogP contribution in [-0.2, 0) is 6.42 Å². The number of ether oxygens (including phenoxy) is 2. The maximum atomic E-state index is 14.8. The highest BCUT2D eigenvalue weighted by Crippen LogP contribution is 2.44. The highest BCUT2D eigenvalue weighted by molar-refractivity contribution is 5.49. The van der Waals surface area contributed by atoms with Crippen molar-refractivity contribution in [2.75, 3.05) is 0 Å². The van der Waals surface area contributed by atoms with Crippen molar-refractivity contribution in [3.8, 4) is 11.5 Å². The van der Waals surface area contributed by atoms with Crippen LogP contribution in [0, 0.1) is 17.7 Å². The zero-order valence-corrected chi connectivity index (χ0v) is 17.7. The van der Waals surface area contributed by atoms with Crippen molar-refractivity contribution in [2.45, 2.75) is 96.7 Å². The van der Waals surface area contributed by atoms with Crippen molar-refractivity contribution >= 4 is 0 Å². The fraction of sp³-hybridized carbons (Fsp3) is 0.739. The molecule has 2 aliphatic rings. The van der Waals surface area contributed by atoms with E-state index in [2.05, 4.69) is 6.92 Å². The first-order valence-corrected chi connectivity index (χ1v) is 11.1. The van der Waals surface area contributed by atoms with E-state index in [0.717, 1.165) is 38.2 Å². The van der Waals surface area contributed by atoms with Gasteiger partial charge in [0, 0.05) is 5.56 Å². The Morgan fingerprint density at radius 1 is 1.07 bits per heavy atom. The minimum absolute atomic E-state index is 0.191. The van der Waals surface area contributed by atoms with Crippen LogP contribution in [0.3, 0.4) is 0 Å². The Labute approximate surface area is 175 Å². The molecule has 0 radical (unpaired) electrons. The minimum Gasteiger partial charge on any atom is -0.487 e. The molecule has 1 atom stereocenters. The van der Waals surface area contributed by atoms with Crippen molar-refractivity contribution in [2.24, 2.45) is 11.8 Å². The highest BCUT2D eigenvalue weighted by Gasteiger charge is 2.37. The van der Waals surface area contributed by atoms with Gasteiger partial charge >= 0.3 is 6.11 Å². The SMILES string of the molecule is CCC1CCC(CCC(F)(F)Oc2cc3c(c(F)c2C(F)F)OC(CC)CC3)CC1. The molecule has 0 bridgehead atoms. The first-order valence-electron chi connectivity index (χ1n) is 11.1. The molecule has 1 heterocycles. The van der Waals surface area contributed by atoms with Crippen LogP contribution in [0.1, 0.15) is 89.2 Å². The van der Waals surface area contributed by atoms with E-state index in [4.69, 9.17) is 9.47 Å². The molecule has 0 aromatic heterocycles. The lowest BCUT2D eigenvalue weighted by Crippen LogP contribution is -2.28. The van der Waals surface area contributed by atoms with Crippen LogP contribution >= 0.6 is 0 Å². The normalized spacial score (nSPS) is 24.5. The van der Waals surface area contributed by atoms with Crippen molar-refractivity contribution < 1.29 is 31.4 Å². The number of hydrogen-bond donors (Lipinski definition) is 0. The van der Waals surface area contributed by atoms with Crippen LogP contribution in [0.2, 0.25) is 0 Å². The third-order valence-corrected chi connectivity index (χ3v) is 6.64. The summed E-state index contributed by atoms with van der Waals surface area (Å²) in [6.07, 6.45) is -0.932. The second-order valence-electron chi connectivity index (χ2n) is 8.65. The van der Waals surface area contributed by atoms with Gasteiger partial charge in [0.25, 0.3) is 6.43 Å². The third-order valence-electron chi connectivity index (χ3n) is 6.64. The van der Waals surface area contributed by atoms with Gasteiger partial charge in [0.1, 0.15) is 5.75 Å². The molecule has 170 valence electrons. The Kier molecular flexibility index (Phi) is 7.51. The minimum atomic E-state index is -3.63. The summed E-state index contributed by atoms with van der Waals surface area (Å²) in [5, 5.41) is 0. The van der Waals surface area contributed by atoms with E-state index in [1.807, 2.05) is 6.92 Å². The first-order chi connectivity index (χ1) is 14.2. The standard InChI is InChI=1S/C23H31F5O2/c1-3-14-5-7-15(8-6-14)11-12-23(27,28)30-18-13-16-9-10-17(4-2)29-21(16)20(24)19(18)22(25)26/h13-15,17,22H,3-12H2,1-2H3. The maximum Gasteiger partial charge on any atom is 0.397 e. The molecule has 0 spiro atoms. The number of fused-ring (bicyclic) bond motifs is 1. The van der Waals surface area contributed by atoms with Crippen LogP contribution in [0.15, 0.2) is 6.07 Å². The summed E-state index contributed by atoms with van der Waals surface area (Å²) in [5.74, 6) is -1.47. The van der Waals surface area contributed by atoms with Crippen LogP contribution in [-0.4, -0.2) is 12.2 Å². The molecule has 1 unspecified atom stereocenters. The fourth-order valence-electron chi connectivity index (χ4n) is 4.62. The molecule has 30 heavy (non-hydrogen) atoms. The topological polar surface area (TPSA) is 18.5 Å². The van der Waals surface area contributed by atoms with Gasteiger partial charge in [-0.2, -0.15) is 8.78 Å². The Morgan fingerprint density at radius 3 is 2.33 bits per heavy atom. The van der Waals surface area contributed by atoms with E-state index < -0.39 is 36.1 Å². The molecular formula is C23H31F5O2. The number of benzene rings is 1. The number of rotatable bonds is 8. The largest absolute Gasteiger partial charge is 0.487 e. The lowest BCUT2D eigenvalue weighted by atomic mass is 9.79. The van der Waals surface area contributed by atoms with E-state index in [1.165, 1.54) is 0 Å². The average molecular weight is 434 g/mol. The summed E-state index contributed by atoms with van der Waals surface area (Å²) >= 11 is 0. The number of halogens is 5. The van der Waals surface area contributed by atoms with Crippen molar-refractivity contribution in [1.29, 1.82) is 0 Å². The predicted octanol–water partition coefficient (Wildman–Crippen LogP) is 7.84. The van der Waals surface area contributed by atoms with E-state index in [1.54, 1.807) is 0 Å². The van der Waals surface area contributed by atoms with Gasteiger partial charge in [-0.3, -0.25) is 0 Å². The number of alkyl halides is 4. The zero-order chi connectivity index (χ0) is 21.9. The molecule has 3 rings (SSSR count). The molecule has 1 aromatic rings. The second kappa shape index (κ2) is 9.73. The Bertz CT molecular complexity index is 714. The van der Waals surface area contributed by atoms with E-state index in [9.17, 15) is 22.0 Å². The number of hydrogen-bond acceptors (Lipinski definition) is 2. The van der Waals surface area contributed by atoms with Crippen LogP contribution < -0.4 is 9.47 Å². The monoisotopic (exact) mass is 434 g/mol. The molecule has 1 fully saturated rings. The molecule has 1 saturated carbocycles. The quantitative estimate of drug-likeness (QED) is 0.388. The van der Waals surface area contributed by atoms with Crippen molar-refractivity contribution in [3.63, 3.8) is 0 Å². The summed E-state index contributed by atoms with van der Waals surface area (Å²) in [7, 11) is 0. The molecule has 0 N–H and O–H groups in total. The molecule has 1 aliphatic heterocycles. The molecule has 2 nitrogen and oxygen atoms in total. The molecule has 1 aliphatic carbocycles. The van der Waals surface area contributed by atoms with Gasteiger partial charge in [0.2, 0.25) is 0 Å². The Morgan fingerprint density at radius 2 is 1.73 bits per heavy atom. The lowest BCUT2D eigenvalue weighted by Gasteiger charge is -2.30. The van der Waals surface area contributed by atoms with E-state index in [0.29, 0.717) is 30.7 Å². The average Bonchev–Trinajstić information content (AvgIpc) is 2.72. The van der Waals surface area contributed by atoms with Crippen LogP contribution in [0.4, 0.5) is 22.0 Å². The lowest BCUT2D eigenvalue weighted by molar-refractivity contribution is -0.184. The molecule has 0 amide bonds. The van der Waals surface area contributed by atoms with Crippen LogP contribution in [0.25, 0.3) is 0 Å². The second-order valence-corrected chi connectivity index (χ2v) is 8.65. The summed E-state index contributed by atoms with van der Waals surface area (Å²) in [4.78, 5) is 0. The smallest absolute Gasteiger partial charge is 0.397 e. The van der Waals surface area contributed by atoms with Gasteiger partial charge in [-0.25, -0.2) is 13.2 Å². The number of aryl methyl sites for hydroxylation is 1. The molecular weight excluding hydrogens is 403 g/mol. The van der Waals surface area contributed by atoms with Gasteiger partial charge < -0.3 is 9.47 Å². The Balaban J connectivity index is 1.72. The van der Waals surface area contributed by atoms with Gasteiger partial charge in [-0.1, -0.05) is 46.0 Å². The zero-order valence-electron chi connectivity index (χ0n) is 17.7. The summed E-state index contributed by atoms with van der Waals surface area (Å²) in [5.41, 5.74) is -0.848. The van der Waals surface area contributed by atoms with Gasteiger partial charge in [0.15, 0.2) is 11.6 Å². The van der Waals surface area contributed by atoms with E-state index >= 15 is 0 Å². The van der Waals surface area contributed by atoms with Crippen molar-refractivity contribution in [1.82, 2.24) is 0 Å². The molecule has 7 heteroatoms. The van der Waals surface area contributed by atoms with E-state index in [-0.39, 0.29) is 24.2 Å². The van der Waals surface area contributed by atoms with Gasteiger partial charge in [0.05, 0.1) is 18.1 Å². The van der Waals surface area contributed by atoms with Gasteiger partial charge in [-0.15, -0.1) is 0 Å². The maximum absolute atomic E-state index is 14.8. The summed E-state index contributed by atoms with van der Waals surface area (Å²) in [6, 6.07) is 1.10. The summed E-state index contributed by atoms with van der Waals surface area (Å²) in [6.45, 7) is 3.99. The van der Waals surface area contributed by atoms with Gasteiger partial charge in [-0.05, 0) is 43.6 Å².